The number of pyridine rings is 1. The molecule has 2 aliphatic carbocycles. The number of fused-ring (bicyclic) bond motifs is 2. The van der Waals surface area contributed by atoms with Crippen LogP contribution >= 0.6 is 7.81 Å². The Morgan fingerprint density at radius 1 is 0.783 bits per heavy atom. The molecule has 14 heteroatoms. The number of hydrogen-bond donors (Lipinski definition) is 0. The molecule has 6 nitrogen and oxygen atoms in total. The summed E-state index contributed by atoms with van der Waals surface area (Å²) in [5, 5.41) is 17.9. The standard InChI is InChI=1S/C30H43N5.C2H3N.Cu.F6P/c1-19-12-14-23(29(3,4)5)26-21(19)17-34(32-26)28(25-11-9-10-16-31-25)35-18-22-20(2)13-15-24(27(22)33-35)30(6,7)8;1-2-3;;1-7(2,3,4,5)6/h9-11,16-20,23-24,28H,12-15H2,1-8H3;1H3;;/q;;+1;-1/t19-,20-,23-,24-;;;/m1.../s1. The van der Waals surface area contributed by atoms with Crippen LogP contribution in [0.1, 0.15) is 146 Å². The van der Waals surface area contributed by atoms with Crippen LogP contribution in [-0.2, 0) is 17.1 Å². The van der Waals surface area contributed by atoms with E-state index < -0.39 is 7.81 Å². The third-order valence-corrected chi connectivity index (χ3v) is 8.62. The minimum Gasteiger partial charge on any atom is 1.00 e. The van der Waals surface area contributed by atoms with Crippen LogP contribution < -0.4 is 0 Å². The van der Waals surface area contributed by atoms with E-state index in [-0.39, 0.29) is 34.1 Å². The summed E-state index contributed by atoms with van der Waals surface area (Å²) in [6.07, 6.45) is 11.1. The molecule has 46 heavy (non-hydrogen) atoms. The second kappa shape index (κ2) is 13.2. The van der Waals surface area contributed by atoms with Crippen molar-refractivity contribution in [2.75, 3.05) is 0 Å². The smallest absolute Gasteiger partial charge is 1.00 e. The Balaban J connectivity index is 0.000000587. The number of rotatable bonds is 3. The zero-order valence-corrected chi connectivity index (χ0v) is 29.7. The summed E-state index contributed by atoms with van der Waals surface area (Å²) in [4.78, 5) is 4.80. The van der Waals surface area contributed by atoms with E-state index in [1.165, 1.54) is 55.1 Å². The van der Waals surface area contributed by atoms with Crippen molar-refractivity contribution in [2.24, 2.45) is 10.8 Å². The first kappa shape index (κ1) is 39.8. The summed E-state index contributed by atoms with van der Waals surface area (Å²) in [6.45, 7) is 20.2. The van der Waals surface area contributed by atoms with Crippen LogP contribution in [0, 0.1) is 22.2 Å². The Labute approximate surface area is 279 Å². The van der Waals surface area contributed by atoms with Crippen LogP contribution in [0.3, 0.4) is 0 Å². The summed E-state index contributed by atoms with van der Waals surface area (Å²) in [7, 11) is -10.7. The summed E-state index contributed by atoms with van der Waals surface area (Å²) < 4.78 is 63.5. The van der Waals surface area contributed by atoms with Crippen LogP contribution in [0.4, 0.5) is 25.2 Å². The third-order valence-electron chi connectivity index (χ3n) is 8.62. The number of hydrogen-bond acceptors (Lipinski definition) is 4. The third kappa shape index (κ3) is 10.8. The van der Waals surface area contributed by atoms with Crippen LogP contribution in [0.15, 0.2) is 36.8 Å². The maximum absolute atomic E-state index is 10.7. The Kier molecular flexibility index (Phi) is 11.4. The fraction of sp³-hybridized carbons (Fsp3) is 0.625. The molecule has 0 bridgehead atoms. The van der Waals surface area contributed by atoms with E-state index in [9.17, 15) is 25.2 Å². The van der Waals surface area contributed by atoms with Crippen molar-refractivity contribution in [3.63, 3.8) is 0 Å². The zero-order chi connectivity index (χ0) is 34.2. The first-order valence-electron chi connectivity index (χ1n) is 15.3. The molecule has 0 saturated carbocycles. The molecule has 2 aliphatic rings. The van der Waals surface area contributed by atoms with Gasteiger partial charge in [-0.05, 0) is 71.6 Å². The molecular formula is C32H46CuF6N6P. The van der Waals surface area contributed by atoms with Gasteiger partial charge in [-0.3, -0.25) is 4.98 Å². The summed E-state index contributed by atoms with van der Waals surface area (Å²) in [6, 6.07) is 7.92. The van der Waals surface area contributed by atoms with E-state index in [4.69, 9.17) is 20.4 Å². The molecule has 3 aromatic heterocycles. The Bertz CT molecular complexity index is 1420. The van der Waals surface area contributed by atoms with Crippen LogP contribution in [-0.4, -0.2) is 24.5 Å². The molecule has 0 N–H and O–H groups in total. The zero-order valence-electron chi connectivity index (χ0n) is 27.9. The average Bonchev–Trinajstić information content (AvgIpc) is 3.49. The molecule has 3 heterocycles. The minimum atomic E-state index is -10.7. The molecule has 0 amide bonds. The monoisotopic (exact) mass is 722 g/mol. The molecular weight excluding hydrogens is 677 g/mol. The maximum Gasteiger partial charge on any atom is 1.00 e. The van der Waals surface area contributed by atoms with Gasteiger partial charge in [-0.15, -0.1) is 0 Å². The average molecular weight is 723 g/mol. The molecule has 5 rings (SSSR count). The molecule has 4 atom stereocenters. The van der Waals surface area contributed by atoms with Gasteiger partial charge in [-0.1, -0.05) is 61.5 Å². The van der Waals surface area contributed by atoms with E-state index in [0.717, 1.165) is 5.69 Å². The van der Waals surface area contributed by atoms with Crippen molar-refractivity contribution in [2.45, 2.75) is 118 Å². The molecule has 0 spiro atoms. The normalized spacial score (nSPS) is 22.7. The molecule has 0 saturated heterocycles. The quantitative estimate of drug-likeness (QED) is 0.153. The van der Waals surface area contributed by atoms with Crippen molar-refractivity contribution in [1.29, 1.82) is 5.26 Å². The van der Waals surface area contributed by atoms with E-state index >= 15 is 0 Å². The van der Waals surface area contributed by atoms with Crippen LogP contribution in [0.2, 0.25) is 0 Å². The first-order valence-corrected chi connectivity index (χ1v) is 17.3. The number of halogens is 6. The number of nitriles is 1. The fourth-order valence-electron chi connectivity index (χ4n) is 6.42. The SMILES string of the molecule is CC#N.C[C@@H]1CC[C@@H](C(C)(C)C)c2nn(C(c3ccccn3)n3cc4c(n3)[C@H](C(C)(C)C)CC[C@H]4C)cc21.F[P-](F)(F)(F)(F)F.[Cu+]. The van der Waals surface area contributed by atoms with Crippen LogP contribution in [0.5, 0.6) is 0 Å². The summed E-state index contributed by atoms with van der Waals surface area (Å²) in [5.41, 5.74) is 6.70. The molecule has 0 radical (unpaired) electrons. The van der Waals surface area contributed by atoms with Gasteiger partial charge in [0.1, 0.15) is 0 Å². The van der Waals surface area contributed by atoms with Crippen LogP contribution in [0.25, 0.3) is 0 Å². The largest absolute Gasteiger partial charge is 1.00 e. The van der Waals surface area contributed by atoms with E-state index in [0.29, 0.717) is 23.7 Å². The minimum absolute atomic E-state index is 0. The molecule has 0 unspecified atom stereocenters. The number of nitrogens with zero attached hydrogens (tertiary/aromatic N) is 6. The Morgan fingerprint density at radius 3 is 1.46 bits per heavy atom. The van der Waals surface area contributed by atoms with Gasteiger partial charge in [0.15, 0.2) is 6.17 Å². The summed E-state index contributed by atoms with van der Waals surface area (Å²) in [5.74, 6) is 1.99. The molecule has 262 valence electrons. The fourth-order valence-corrected chi connectivity index (χ4v) is 6.42. The van der Waals surface area contributed by atoms with Gasteiger partial charge < -0.3 is 0 Å². The van der Waals surface area contributed by atoms with Gasteiger partial charge in [0.25, 0.3) is 0 Å². The predicted molar refractivity (Wildman–Crippen MR) is 167 cm³/mol. The number of aromatic nitrogens is 5. The van der Waals surface area contributed by atoms with Gasteiger partial charge in [-0.25, -0.2) is 9.36 Å². The molecule has 0 aliphatic heterocycles. The van der Waals surface area contributed by atoms with Crippen molar-refractivity contribution < 1.29 is 42.3 Å². The van der Waals surface area contributed by atoms with Crippen molar-refractivity contribution in [3.8, 4) is 6.07 Å². The van der Waals surface area contributed by atoms with E-state index in [2.05, 4.69) is 89.3 Å². The van der Waals surface area contributed by atoms with Gasteiger partial charge in [-0.2, -0.15) is 15.5 Å². The second-order valence-corrected chi connectivity index (χ2v) is 16.4. The molecule has 0 aromatic carbocycles. The molecule has 3 aromatic rings. The predicted octanol–water partition coefficient (Wildman–Crippen LogP) is 11.5. The Morgan fingerprint density at radius 2 is 1.15 bits per heavy atom. The van der Waals surface area contributed by atoms with Gasteiger partial charge in [0.2, 0.25) is 0 Å². The van der Waals surface area contributed by atoms with Crippen molar-refractivity contribution in [1.82, 2.24) is 24.5 Å². The van der Waals surface area contributed by atoms with E-state index in [1.807, 2.05) is 12.3 Å². The van der Waals surface area contributed by atoms with Crippen molar-refractivity contribution >= 4 is 7.81 Å². The first-order chi connectivity index (χ1) is 20.3. The molecule has 0 fully saturated rings. The van der Waals surface area contributed by atoms with E-state index in [1.54, 1.807) is 6.07 Å². The van der Waals surface area contributed by atoms with Gasteiger partial charge >= 0.3 is 50.1 Å². The second-order valence-electron chi connectivity index (χ2n) is 14.5. The van der Waals surface area contributed by atoms with Gasteiger partial charge in [0.05, 0.1) is 23.2 Å². The van der Waals surface area contributed by atoms with Gasteiger partial charge in [0, 0.05) is 37.4 Å². The van der Waals surface area contributed by atoms with Crippen molar-refractivity contribution in [3.05, 3.63) is 65.0 Å². The summed E-state index contributed by atoms with van der Waals surface area (Å²) >= 11 is 0. The maximum atomic E-state index is 9.87. The Hall–Kier alpha value is -2.41. The topological polar surface area (TPSA) is 72.3 Å².